The van der Waals surface area contributed by atoms with Gasteiger partial charge in [-0.3, -0.25) is 4.79 Å². The summed E-state index contributed by atoms with van der Waals surface area (Å²) in [6.45, 7) is 12.2. The average molecular weight is 748 g/mol. The van der Waals surface area contributed by atoms with Gasteiger partial charge in [-0.15, -0.1) is 0 Å². The van der Waals surface area contributed by atoms with Gasteiger partial charge in [0.25, 0.3) is 0 Å². The number of nitrogens with one attached hydrogen (secondary N) is 1. The summed E-state index contributed by atoms with van der Waals surface area (Å²) in [4.78, 5) is 45.8. The number of carbonyl (C=O) groups is 3. The van der Waals surface area contributed by atoms with E-state index in [0.29, 0.717) is 38.2 Å². The van der Waals surface area contributed by atoms with Crippen LogP contribution < -0.4 is 16.0 Å². The quantitative estimate of drug-likeness (QED) is 0.110. The number of nitrogens with zero attached hydrogens (tertiary/aromatic N) is 3. The normalized spacial score (nSPS) is 13.0. The van der Waals surface area contributed by atoms with E-state index in [1.807, 2.05) is 45.9 Å². The molecule has 0 spiro atoms. The maximum absolute atomic E-state index is 14.4. The predicted molar refractivity (Wildman–Crippen MR) is 206 cm³/mol. The highest BCUT2D eigenvalue weighted by Gasteiger charge is 2.32. The highest BCUT2D eigenvalue weighted by Crippen LogP contribution is 2.32. The number of carbonyl (C=O) groups excluding carboxylic acids is 2. The van der Waals surface area contributed by atoms with E-state index in [1.54, 1.807) is 58.2 Å². The molecule has 2 atom stereocenters. The minimum Gasteiger partial charge on any atom is -0.464 e. The van der Waals surface area contributed by atoms with Crippen molar-refractivity contribution in [2.45, 2.75) is 77.5 Å². The number of nitrogen functional groups attached to an aromatic ring is 1. The number of hydrogen-bond acceptors (Lipinski definition) is 10. The molecule has 5 N–H and O–H groups in total. The van der Waals surface area contributed by atoms with Crippen LogP contribution in [0.15, 0.2) is 71.8 Å². The molecule has 0 radical (unpaired) electrons. The minimum absolute atomic E-state index is 0.0459. The number of imide groups is 1. The minimum atomic E-state index is -3.67. The van der Waals surface area contributed by atoms with E-state index in [-0.39, 0.29) is 47.4 Å². The van der Waals surface area contributed by atoms with Crippen LogP contribution in [0.5, 0.6) is 0 Å². The lowest BCUT2D eigenvalue weighted by atomic mass is 9.93. The number of pyridine rings is 1. The number of fused-ring (bicyclic) bond motifs is 1. The van der Waals surface area contributed by atoms with Crippen LogP contribution in [-0.2, 0) is 25.9 Å². The third-order valence-electron chi connectivity index (χ3n) is 8.47. The van der Waals surface area contributed by atoms with Crippen LogP contribution in [0.4, 0.5) is 26.8 Å². The van der Waals surface area contributed by atoms with E-state index >= 15 is 0 Å². The van der Waals surface area contributed by atoms with E-state index in [4.69, 9.17) is 10.5 Å². The van der Waals surface area contributed by atoms with Gasteiger partial charge in [0.1, 0.15) is 11.6 Å². The molecule has 1 unspecified atom stereocenters. The molecule has 284 valence electrons. The van der Waals surface area contributed by atoms with Crippen molar-refractivity contribution in [3.63, 3.8) is 0 Å². The van der Waals surface area contributed by atoms with Gasteiger partial charge in [0, 0.05) is 49.1 Å². The zero-order valence-electron chi connectivity index (χ0n) is 31.4. The lowest BCUT2D eigenvalue weighted by Crippen LogP contribution is -2.40. The number of benzene rings is 3. The Bertz CT molecular complexity index is 2110. The number of nitrogens with two attached hydrogens (primary N) is 1. The van der Waals surface area contributed by atoms with E-state index < -0.39 is 33.7 Å². The van der Waals surface area contributed by atoms with Gasteiger partial charge in [0.15, 0.2) is 15.7 Å². The summed E-state index contributed by atoms with van der Waals surface area (Å²) in [5.74, 6) is -0.822. The van der Waals surface area contributed by atoms with Gasteiger partial charge >= 0.3 is 12.2 Å². The van der Waals surface area contributed by atoms with Crippen molar-refractivity contribution in [3.8, 4) is 0 Å². The SMILES string of the molecule is Cc1cc(C(Nc2ccc3c(N(C(=O)O)C(=O)OC(C)(C)C)nccc3c2)C(=O)N(C)Cc2cc(N)ccc2S(=O)(=O)CC(C)C)ccc1[C@@H](C)CO. The molecule has 0 saturated heterocycles. The number of ether oxygens (including phenoxy) is 1. The van der Waals surface area contributed by atoms with Crippen LogP contribution in [0, 0.1) is 12.8 Å². The maximum atomic E-state index is 14.4. The van der Waals surface area contributed by atoms with Crippen molar-refractivity contribution in [3.05, 3.63) is 89.1 Å². The third-order valence-corrected chi connectivity index (χ3v) is 10.6. The van der Waals surface area contributed by atoms with Crippen molar-refractivity contribution in [1.29, 1.82) is 0 Å². The Morgan fingerprint density at radius 1 is 1.00 bits per heavy atom. The number of rotatable bonds is 12. The molecule has 14 heteroatoms. The fourth-order valence-corrected chi connectivity index (χ4v) is 7.94. The Kier molecular flexibility index (Phi) is 12.4. The van der Waals surface area contributed by atoms with Gasteiger partial charge in [0.2, 0.25) is 5.91 Å². The molecule has 0 saturated carbocycles. The summed E-state index contributed by atoms with van der Waals surface area (Å²) in [5, 5.41) is 23.9. The Morgan fingerprint density at radius 2 is 1.70 bits per heavy atom. The molecule has 53 heavy (non-hydrogen) atoms. The first-order valence-electron chi connectivity index (χ1n) is 17.2. The van der Waals surface area contributed by atoms with Crippen molar-refractivity contribution in [1.82, 2.24) is 9.88 Å². The summed E-state index contributed by atoms with van der Waals surface area (Å²) < 4.78 is 32.0. The molecule has 0 aliphatic carbocycles. The number of aliphatic hydroxyl groups is 1. The van der Waals surface area contributed by atoms with Crippen molar-refractivity contribution >= 4 is 55.9 Å². The molecular formula is C39H49N5O8S. The molecule has 0 fully saturated rings. The van der Waals surface area contributed by atoms with E-state index in [0.717, 1.165) is 11.1 Å². The van der Waals surface area contributed by atoms with Gasteiger partial charge in [-0.2, -0.15) is 4.90 Å². The van der Waals surface area contributed by atoms with Crippen molar-refractivity contribution in [2.24, 2.45) is 5.92 Å². The van der Waals surface area contributed by atoms with Crippen LogP contribution in [0.1, 0.15) is 75.8 Å². The predicted octanol–water partition coefficient (Wildman–Crippen LogP) is 6.88. The monoisotopic (exact) mass is 747 g/mol. The average Bonchev–Trinajstić information content (AvgIpc) is 3.05. The Labute approximate surface area is 310 Å². The maximum Gasteiger partial charge on any atom is 0.425 e. The number of aliphatic hydroxyl groups excluding tert-OH is 1. The van der Waals surface area contributed by atoms with Gasteiger partial charge in [-0.05, 0) is 104 Å². The number of aromatic nitrogens is 1. The number of hydrogen-bond donors (Lipinski definition) is 4. The van der Waals surface area contributed by atoms with Crippen LogP contribution in [0.3, 0.4) is 0 Å². The molecule has 1 aromatic heterocycles. The second kappa shape index (κ2) is 16.2. The standard InChI is InChI=1S/C39H49N5O8S/c1-23(2)22-53(50,51)33-14-10-29(40)18-28(33)20-43(8)36(46)34(27-9-12-31(24(3)17-27)25(4)21-45)42-30-11-13-32-26(19-30)15-16-41-35(32)44(37(47)48)38(49)52-39(5,6)7/h9-19,23,25,34,42,45H,20-22,40H2,1-8H3,(H,47,48)/t25-,34?/m0/s1. The summed E-state index contributed by atoms with van der Waals surface area (Å²) in [6.07, 6.45) is -1.29. The largest absolute Gasteiger partial charge is 0.464 e. The molecule has 3 aromatic carbocycles. The summed E-state index contributed by atoms with van der Waals surface area (Å²) in [6, 6.07) is 15.8. The lowest BCUT2D eigenvalue weighted by Gasteiger charge is -2.28. The number of anilines is 3. The smallest absolute Gasteiger partial charge is 0.425 e. The molecular weight excluding hydrogens is 699 g/mol. The first-order chi connectivity index (χ1) is 24.7. The van der Waals surface area contributed by atoms with Crippen LogP contribution in [-0.4, -0.2) is 71.6 Å². The van der Waals surface area contributed by atoms with Crippen molar-refractivity contribution < 1.29 is 37.8 Å². The Morgan fingerprint density at radius 3 is 2.30 bits per heavy atom. The summed E-state index contributed by atoms with van der Waals surface area (Å²) in [7, 11) is -2.09. The second-order valence-electron chi connectivity index (χ2n) is 14.7. The zero-order chi connectivity index (χ0) is 39.4. The van der Waals surface area contributed by atoms with Gasteiger partial charge < -0.3 is 30.9 Å². The van der Waals surface area contributed by atoms with Crippen LogP contribution >= 0.6 is 0 Å². The molecule has 4 rings (SSSR count). The number of likely N-dealkylation sites (N-methyl/N-ethyl adjacent to an activating group) is 1. The fraction of sp³-hybridized carbons (Fsp3) is 0.385. The van der Waals surface area contributed by atoms with Gasteiger partial charge in [0.05, 0.1) is 10.6 Å². The molecule has 3 amide bonds. The topological polar surface area (TPSA) is 192 Å². The van der Waals surface area contributed by atoms with Gasteiger partial charge in [-0.25, -0.2) is 23.0 Å². The summed E-state index contributed by atoms with van der Waals surface area (Å²) >= 11 is 0. The highest BCUT2D eigenvalue weighted by atomic mass is 32.2. The van der Waals surface area contributed by atoms with E-state index in [2.05, 4.69) is 10.3 Å². The van der Waals surface area contributed by atoms with Crippen LogP contribution in [0.2, 0.25) is 0 Å². The first-order valence-corrected chi connectivity index (χ1v) is 18.9. The Hall–Kier alpha value is -5.21. The molecule has 0 aliphatic heterocycles. The highest BCUT2D eigenvalue weighted by molar-refractivity contribution is 7.91. The number of aryl methyl sites for hydroxylation is 1. The molecule has 1 heterocycles. The van der Waals surface area contributed by atoms with Crippen molar-refractivity contribution in [2.75, 3.05) is 35.4 Å². The molecule has 0 bridgehead atoms. The number of carboxylic acid groups (broad SMARTS) is 1. The number of sulfone groups is 1. The van der Waals surface area contributed by atoms with Gasteiger partial charge in [-0.1, -0.05) is 39.0 Å². The molecule has 0 aliphatic rings. The van der Waals surface area contributed by atoms with E-state index in [1.165, 1.54) is 23.2 Å². The lowest BCUT2D eigenvalue weighted by molar-refractivity contribution is -0.131. The van der Waals surface area contributed by atoms with E-state index in [9.17, 15) is 33.0 Å². The second-order valence-corrected chi connectivity index (χ2v) is 16.7. The molecule has 4 aromatic rings. The third kappa shape index (κ3) is 9.82. The molecule has 13 nitrogen and oxygen atoms in total. The number of amides is 3. The first kappa shape index (κ1) is 40.6. The zero-order valence-corrected chi connectivity index (χ0v) is 32.2. The fourth-order valence-electron chi connectivity index (χ4n) is 6.09. The summed E-state index contributed by atoms with van der Waals surface area (Å²) in [5.41, 5.74) is 8.79. The van der Waals surface area contributed by atoms with Crippen LogP contribution in [0.25, 0.3) is 10.8 Å². The Balaban J connectivity index is 1.77.